The summed E-state index contributed by atoms with van der Waals surface area (Å²) in [6, 6.07) is 14.9. The molecule has 37 heavy (non-hydrogen) atoms. The lowest BCUT2D eigenvalue weighted by atomic mass is 9.93. The van der Waals surface area contributed by atoms with Crippen molar-refractivity contribution in [3.05, 3.63) is 100 Å². The first-order valence-electron chi connectivity index (χ1n) is 11.7. The third-order valence-electron chi connectivity index (χ3n) is 6.06. The fourth-order valence-electron chi connectivity index (χ4n) is 4.42. The lowest BCUT2D eigenvalue weighted by Crippen LogP contribution is -2.29. The summed E-state index contributed by atoms with van der Waals surface area (Å²) in [5, 5.41) is 11.3. The summed E-state index contributed by atoms with van der Waals surface area (Å²) in [4.78, 5) is 27.6. The SMILES string of the molecule is Cc1cccc(C2/C(=C(\O)c3ccc(OC(C)C)c(C)c3)C(=O)C(=O)N2c2cccc(C(F)(F)F)c2)c1. The van der Waals surface area contributed by atoms with Crippen molar-refractivity contribution in [3.63, 3.8) is 0 Å². The second-order valence-corrected chi connectivity index (χ2v) is 9.28. The van der Waals surface area contributed by atoms with Gasteiger partial charge in [0.15, 0.2) is 0 Å². The molecule has 0 aliphatic carbocycles. The lowest BCUT2D eigenvalue weighted by molar-refractivity contribution is -0.137. The van der Waals surface area contributed by atoms with Crippen LogP contribution in [0.15, 0.2) is 72.3 Å². The van der Waals surface area contributed by atoms with Crippen molar-refractivity contribution in [2.75, 3.05) is 4.90 Å². The maximum atomic E-state index is 13.4. The molecule has 1 N–H and O–H groups in total. The highest BCUT2D eigenvalue weighted by Crippen LogP contribution is 2.43. The molecule has 0 spiro atoms. The maximum Gasteiger partial charge on any atom is 0.416 e. The fraction of sp³-hybridized carbons (Fsp3) is 0.241. The minimum absolute atomic E-state index is 0.0720. The van der Waals surface area contributed by atoms with E-state index in [1.54, 1.807) is 43.3 Å². The molecule has 8 heteroatoms. The van der Waals surface area contributed by atoms with E-state index in [9.17, 15) is 27.9 Å². The van der Waals surface area contributed by atoms with Crippen LogP contribution in [0.3, 0.4) is 0 Å². The zero-order valence-corrected chi connectivity index (χ0v) is 20.8. The molecule has 0 aromatic heterocycles. The van der Waals surface area contributed by atoms with Gasteiger partial charge in [-0.3, -0.25) is 14.5 Å². The highest BCUT2D eigenvalue weighted by atomic mass is 19.4. The number of nitrogens with zero attached hydrogens (tertiary/aromatic N) is 1. The van der Waals surface area contributed by atoms with E-state index in [-0.39, 0.29) is 22.9 Å². The van der Waals surface area contributed by atoms with Crippen molar-refractivity contribution >= 4 is 23.1 Å². The normalized spacial score (nSPS) is 17.5. The molecule has 0 bridgehead atoms. The lowest BCUT2D eigenvalue weighted by Gasteiger charge is -2.26. The molecule has 1 saturated heterocycles. The number of anilines is 1. The van der Waals surface area contributed by atoms with E-state index in [0.29, 0.717) is 16.9 Å². The summed E-state index contributed by atoms with van der Waals surface area (Å²) >= 11 is 0. The predicted molar refractivity (Wildman–Crippen MR) is 134 cm³/mol. The van der Waals surface area contributed by atoms with Crippen LogP contribution in [0.1, 0.15) is 47.7 Å². The van der Waals surface area contributed by atoms with Gasteiger partial charge < -0.3 is 9.84 Å². The largest absolute Gasteiger partial charge is 0.507 e. The van der Waals surface area contributed by atoms with Crippen LogP contribution in [0.5, 0.6) is 5.75 Å². The summed E-state index contributed by atoms with van der Waals surface area (Å²) in [7, 11) is 0. The van der Waals surface area contributed by atoms with E-state index in [2.05, 4.69) is 0 Å². The number of aliphatic hydroxyl groups is 1. The molecule has 192 valence electrons. The summed E-state index contributed by atoms with van der Waals surface area (Å²) in [6.45, 7) is 7.36. The van der Waals surface area contributed by atoms with Crippen molar-refractivity contribution in [1.82, 2.24) is 0 Å². The number of amides is 1. The van der Waals surface area contributed by atoms with Gasteiger partial charge in [0.05, 0.1) is 23.3 Å². The Morgan fingerprint density at radius 1 is 0.973 bits per heavy atom. The van der Waals surface area contributed by atoms with Gasteiger partial charge in [-0.25, -0.2) is 0 Å². The molecular formula is C29H26F3NO4. The first kappa shape index (κ1) is 26.0. The first-order valence-corrected chi connectivity index (χ1v) is 11.7. The number of ketones is 1. The van der Waals surface area contributed by atoms with E-state index < -0.39 is 35.2 Å². The minimum atomic E-state index is -4.64. The molecular weight excluding hydrogens is 483 g/mol. The number of carbonyl (C=O) groups excluding carboxylic acids is 2. The Hall–Kier alpha value is -4.07. The van der Waals surface area contributed by atoms with Crippen molar-refractivity contribution in [2.45, 2.75) is 46.0 Å². The molecule has 3 aromatic carbocycles. The molecule has 0 radical (unpaired) electrons. The molecule has 5 nitrogen and oxygen atoms in total. The number of carbonyl (C=O) groups is 2. The van der Waals surface area contributed by atoms with E-state index in [0.717, 1.165) is 22.6 Å². The van der Waals surface area contributed by atoms with Crippen molar-refractivity contribution in [3.8, 4) is 5.75 Å². The quantitative estimate of drug-likeness (QED) is 0.235. The number of benzene rings is 3. The number of Topliss-reactive ketones (excluding diaryl/α,β-unsaturated/α-hetero) is 1. The Labute approximate surface area is 212 Å². The average Bonchev–Trinajstić information content (AvgIpc) is 3.09. The van der Waals surface area contributed by atoms with Crippen LogP contribution in [0, 0.1) is 13.8 Å². The molecule has 4 rings (SSSR count). The third kappa shape index (κ3) is 5.09. The number of hydrogen-bond donors (Lipinski definition) is 1. The molecule has 1 amide bonds. The summed E-state index contributed by atoms with van der Waals surface area (Å²) in [6.07, 6.45) is -4.71. The zero-order valence-electron chi connectivity index (χ0n) is 20.8. The molecule has 1 fully saturated rings. The first-order chi connectivity index (χ1) is 17.4. The van der Waals surface area contributed by atoms with Gasteiger partial charge in [-0.2, -0.15) is 13.2 Å². The Balaban J connectivity index is 1.91. The molecule has 1 unspecified atom stereocenters. The van der Waals surface area contributed by atoms with Crippen molar-refractivity contribution in [1.29, 1.82) is 0 Å². The minimum Gasteiger partial charge on any atom is -0.507 e. The Morgan fingerprint density at radius 3 is 2.30 bits per heavy atom. The molecule has 1 aliphatic rings. The Bertz CT molecular complexity index is 1410. The Morgan fingerprint density at radius 2 is 1.68 bits per heavy atom. The monoisotopic (exact) mass is 509 g/mol. The fourth-order valence-corrected chi connectivity index (χ4v) is 4.42. The molecule has 1 heterocycles. The number of aryl methyl sites for hydroxylation is 2. The van der Waals surface area contributed by atoms with E-state index >= 15 is 0 Å². The Kier molecular flexibility index (Phi) is 6.86. The summed E-state index contributed by atoms with van der Waals surface area (Å²) in [5.41, 5.74) is 1.04. The van der Waals surface area contributed by atoms with Crippen LogP contribution < -0.4 is 9.64 Å². The van der Waals surface area contributed by atoms with Gasteiger partial charge >= 0.3 is 6.18 Å². The number of alkyl halides is 3. The molecule has 0 saturated carbocycles. The highest BCUT2D eigenvalue weighted by molar-refractivity contribution is 6.51. The molecule has 1 atom stereocenters. The maximum absolute atomic E-state index is 13.4. The van der Waals surface area contributed by atoms with Gasteiger partial charge in [-0.05, 0) is 75.2 Å². The smallest absolute Gasteiger partial charge is 0.416 e. The van der Waals surface area contributed by atoms with Crippen molar-refractivity contribution < 1.29 is 32.6 Å². The van der Waals surface area contributed by atoms with Gasteiger partial charge in [0, 0.05) is 11.3 Å². The standard InChI is InChI=1S/C29H26F3NO4/c1-16(2)37-23-12-11-20(14-18(23)4)26(34)24-25(19-8-5-7-17(3)13-19)33(28(36)27(24)35)22-10-6-9-21(15-22)29(30,31)32/h5-16,25,34H,1-4H3/b26-24+. The van der Waals surface area contributed by atoms with Gasteiger partial charge in [0.2, 0.25) is 0 Å². The number of halogens is 3. The van der Waals surface area contributed by atoms with E-state index in [1.807, 2.05) is 26.8 Å². The highest BCUT2D eigenvalue weighted by Gasteiger charge is 2.47. The number of aliphatic hydroxyl groups excluding tert-OH is 1. The van der Waals surface area contributed by atoms with Gasteiger partial charge in [-0.15, -0.1) is 0 Å². The third-order valence-corrected chi connectivity index (χ3v) is 6.06. The zero-order chi connectivity index (χ0) is 27.1. The number of hydrogen-bond acceptors (Lipinski definition) is 4. The average molecular weight is 510 g/mol. The summed E-state index contributed by atoms with van der Waals surface area (Å²) in [5.74, 6) is -1.82. The van der Waals surface area contributed by atoms with Crippen LogP contribution >= 0.6 is 0 Å². The van der Waals surface area contributed by atoms with Crippen LogP contribution in [0.4, 0.5) is 18.9 Å². The second kappa shape index (κ2) is 9.76. The van der Waals surface area contributed by atoms with Crippen molar-refractivity contribution in [2.24, 2.45) is 0 Å². The van der Waals surface area contributed by atoms with Crippen LogP contribution in [-0.4, -0.2) is 22.9 Å². The topological polar surface area (TPSA) is 66.8 Å². The van der Waals surface area contributed by atoms with Crippen LogP contribution in [0.25, 0.3) is 5.76 Å². The van der Waals surface area contributed by atoms with E-state index in [1.165, 1.54) is 12.1 Å². The predicted octanol–water partition coefficient (Wildman–Crippen LogP) is 6.74. The van der Waals surface area contributed by atoms with Crippen LogP contribution in [0.2, 0.25) is 0 Å². The van der Waals surface area contributed by atoms with Gasteiger partial charge in [-0.1, -0.05) is 35.9 Å². The van der Waals surface area contributed by atoms with Gasteiger partial charge in [0.25, 0.3) is 11.7 Å². The van der Waals surface area contributed by atoms with Crippen LogP contribution in [-0.2, 0) is 15.8 Å². The second-order valence-electron chi connectivity index (χ2n) is 9.28. The number of rotatable bonds is 5. The number of ether oxygens (including phenoxy) is 1. The summed E-state index contributed by atoms with van der Waals surface area (Å²) < 4.78 is 46.1. The molecule has 1 aliphatic heterocycles. The van der Waals surface area contributed by atoms with Gasteiger partial charge in [0.1, 0.15) is 11.5 Å². The van der Waals surface area contributed by atoms with E-state index in [4.69, 9.17) is 4.74 Å². The molecule has 3 aromatic rings.